The number of rotatable bonds is 1. The van der Waals surface area contributed by atoms with Crippen LogP contribution in [0.2, 0.25) is 0 Å². The monoisotopic (exact) mass is 254 g/mol. The quantitative estimate of drug-likeness (QED) is 0.754. The van der Waals surface area contributed by atoms with E-state index in [0.29, 0.717) is 17.8 Å². The zero-order valence-corrected chi connectivity index (χ0v) is 12.6. The minimum absolute atomic E-state index is 0.117. The Balaban J connectivity index is 2.44. The predicted molar refractivity (Wildman–Crippen MR) is 74.2 cm³/mol. The van der Waals surface area contributed by atoms with E-state index in [1.54, 1.807) is 0 Å². The van der Waals surface area contributed by atoms with Crippen LogP contribution in [-0.4, -0.2) is 22.4 Å². The van der Waals surface area contributed by atoms with Gasteiger partial charge in [0.2, 0.25) is 0 Å². The van der Waals surface area contributed by atoms with Crippen molar-refractivity contribution in [3.63, 3.8) is 0 Å². The smallest absolute Gasteiger partial charge is 0.0858 e. The third-order valence-electron chi connectivity index (χ3n) is 6.27. The summed E-state index contributed by atoms with van der Waals surface area (Å²) in [5, 5.41) is 20.9. The molecule has 2 heteroatoms. The molecule has 0 aromatic carbocycles. The van der Waals surface area contributed by atoms with Crippen molar-refractivity contribution in [3.8, 4) is 0 Å². The molecule has 18 heavy (non-hydrogen) atoms. The summed E-state index contributed by atoms with van der Waals surface area (Å²) in [7, 11) is 0. The summed E-state index contributed by atoms with van der Waals surface area (Å²) in [4.78, 5) is 0. The van der Waals surface area contributed by atoms with Gasteiger partial charge in [0.05, 0.1) is 12.2 Å². The van der Waals surface area contributed by atoms with Crippen LogP contribution in [-0.2, 0) is 0 Å². The number of fused-ring (bicyclic) bond motifs is 1. The van der Waals surface area contributed by atoms with Crippen molar-refractivity contribution < 1.29 is 10.2 Å². The van der Waals surface area contributed by atoms with Crippen LogP contribution in [0, 0.1) is 28.6 Å². The fraction of sp³-hybridized carbons (Fsp3) is 1.00. The third kappa shape index (κ3) is 1.84. The maximum absolute atomic E-state index is 10.6. The Hall–Kier alpha value is -0.0800. The maximum Gasteiger partial charge on any atom is 0.0858 e. The first-order chi connectivity index (χ1) is 8.25. The van der Waals surface area contributed by atoms with Gasteiger partial charge in [-0.25, -0.2) is 0 Å². The van der Waals surface area contributed by atoms with Gasteiger partial charge in [-0.1, -0.05) is 47.5 Å². The van der Waals surface area contributed by atoms with E-state index in [1.807, 2.05) is 0 Å². The zero-order chi connectivity index (χ0) is 13.7. The standard InChI is InChI=1S/C16H30O2/c1-6-11-10(2)7-8-13-15(3,4)9-12(17)14(18)16(11,13)5/h10-14,17-18H,6-9H2,1-5H3/t10-,11-,12?,13-,14?,16+/m0/s1. The van der Waals surface area contributed by atoms with Gasteiger partial charge in [0.25, 0.3) is 0 Å². The lowest BCUT2D eigenvalue weighted by Crippen LogP contribution is -2.62. The molecule has 2 unspecified atom stereocenters. The Bertz CT molecular complexity index is 312. The van der Waals surface area contributed by atoms with Crippen molar-refractivity contribution in [1.82, 2.24) is 0 Å². The van der Waals surface area contributed by atoms with E-state index in [4.69, 9.17) is 0 Å². The van der Waals surface area contributed by atoms with E-state index in [-0.39, 0.29) is 10.8 Å². The summed E-state index contributed by atoms with van der Waals surface area (Å²) in [6.07, 6.45) is 3.20. The molecule has 0 aromatic heterocycles. The van der Waals surface area contributed by atoms with E-state index in [0.717, 1.165) is 12.8 Å². The first-order valence-corrected chi connectivity index (χ1v) is 7.61. The molecule has 6 atom stereocenters. The highest BCUT2D eigenvalue weighted by Crippen LogP contribution is 2.61. The highest BCUT2D eigenvalue weighted by molar-refractivity contribution is 5.08. The molecule has 2 rings (SSSR count). The molecule has 0 aromatic rings. The first kappa shape index (κ1) is 14.3. The summed E-state index contributed by atoms with van der Waals surface area (Å²) in [6, 6.07) is 0. The van der Waals surface area contributed by atoms with E-state index >= 15 is 0 Å². The van der Waals surface area contributed by atoms with Crippen LogP contribution in [0.5, 0.6) is 0 Å². The van der Waals surface area contributed by atoms with E-state index < -0.39 is 12.2 Å². The summed E-state index contributed by atoms with van der Waals surface area (Å²) < 4.78 is 0. The Morgan fingerprint density at radius 1 is 1.11 bits per heavy atom. The third-order valence-corrected chi connectivity index (χ3v) is 6.27. The second-order valence-corrected chi connectivity index (χ2v) is 7.69. The van der Waals surface area contributed by atoms with Crippen molar-refractivity contribution in [1.29, 1.82) is 0 Å². The predicted octanol–water partition coefficient (Wildman–Crippen LogP) is 3.22. The van der Waals surface area contributed by atoms with Gasteiger partial charge < -0.3 is 10.2 Å². The van der Waals surface area contributed by atoms with Gasteiger partial charge in [-0.3, -0.25) is 0 Å². The fourth-order valence-corrected chi connectivity index (χ4v) is 5.52. The summed E-state index contributed by atoms with van der Waals surface area (Å²) >= 11 is 0. The van der Waals surface area contributed by atoms with E-state index in [1.165, 1.54) is 12.8 Å². The zero-order valence-electron chi connectivity index (χ0n) is 12.6. The minimum Gasteiger partial charge on any atom is -0.390 e. The van der Waals surface area contributed by atoms with Gasteiger partial charge >= 0.3 is 0 Å². The average Bonchev–Trinajstić information content (AvgIpc) is 2.25. The van der Waals surface area contributed by atoms with E-state index in [9.17, 15) is 10.2 Å². The molecule has 0 amide bonds. The molecule has 0 spiro atoms. The van der Waals surface area contributed by atoms with Gasteiger partial charge in [-0.15, -0.1) is 0 Å². The molecule has 0 heterocycles. The van der Waals surface area contributed by atoms with Gasteiger partial charge in [0.1, 0.15) is 0 Å². The normalized spacial score (nSPS) is 51.8. The van der Waals surface area contributed by atoms with Crippen molar-refractivity contribution in [2.24, 2.45) is 28.6 Å². The van der Waals surface area contributed by atoms with Crippen LogP contribution in [0.3, 0.4) is 0 Å². The van der Waals surface area contributed by atoms with Gasteiger partial charge in [-0.05, 0) is 36.0 Å². The Kier molecular flexibility index (Phi) is 3.57. The van der Waals surface area contributed by atoms with Crippen LogP contribution >= 0.6 is 0 Å². The van der Waals surface area contributed by atoms with Crippen LogP contribution < -0.4 is 0 Å². The van der Waals surface area contributed by atoms with Crippen LogP contribution in [0.1, 0.15) is 60.3 Å². The highest BCUT2D eigenvalue weighted by Gasteiger charge is 2.59. The Morgan fingerprint density at radius 2 is 1.72 bits per heavy atom. The SMILES string of the molecule is CC[C@H]1[C@@H](C)CC[C@H]2C(C)(C)CC(O)C(O)[C@]12C. The van der Waals surface area contributed by atoms with Crippen molar-refractivity contribution in [2.45, 2.75) is 72.5 Å². The lowest BCUT2D eigenvalue weighted by molar-refractivity contribution is -0.209. The Labute approximate surface area is 112 Å². The topological polar surface area (TPSA) is 40.5 Å². The maximum atomic E-state index is 10.6. The van der Waals surface area contributed by atoms with Crippen LogP contribution in [0.4, 0.5) is 0 Å². The Morgan fingerprint density at radius 3 is 2.28 bits per heavy atom. The summed E-state index contributed by atoms with van der Waals surface area (Å²) in [5.41, 5.74) is 0.0224. The van der Waals surface area contributed by atoms with Gasteiger partial charge in [0.15, 0.2) is 0 Å². The summed E-state index contributed by atoms with van der Waals surface area (Å²) in [5.74, 6) is 1.72. The molecular formula is C16H30O2. The van der Waals surface area contributed by atoms with E-state index in [2.05, 4.69) is 34.6 Å². The number of hydrogen-bond acceptors (Lipinski definition) is 2. The van der Waals surface area contributed by atoms with Crippen LogP contribution in [0.15, 0.2) is 0 Å². The van der Waals surface area contributed by atoms with Crippen molar-refractivity contribution in [2.75, 3.05) is 0 Å². The molecule has 2 N–H and O–H groups in total. The number of aliphatic hydroxyl groups excluding tert-OH is 2. The van der Waals surface area contributed by atoms with Gasteiger partial charge in [0, 0.05) is 5.41 Å². The largest absolute Gasteiger partial charge is 0.390 e. The second kappa shape index (κ2) is 4.49. The molecule has 2 fully saturated rings. The molecule has 106 valence electrons. The molecule has 0 radical (unpaired) electrons. The molecular weight excluding hydrogens is 224 g/mol. The lowest BCUT2D eigenvalue weighted by atomic mass is 9.45. The second-order valence-electron chi connectivity index (χ2n) is 7.69. The average molecular weight is 254 g/mol. The molecule has 0 bridgehead atoms. The summed E-state index contributed by atoms with van der Waals surface area (Å²) in [6.45, 7) is 11.3. The molecule has 2 aliphatic rings. The first-order valence-electron chi connectivity index (χ1n) is 7.61. The van der Waals surface area contributed by atoms with Crippen molar-refractivity contribution in [3.05, 3.63) is 0 Å². The highest BCUT2D eigenvalue weighted by atomic mass is 16.3. The molecule has 2 aliphatic carbocycles. The molecule has 2 saturated carbocycles. The number of aliphatic hydroxyl groups is 2. The fourth-order valence-electron chi connectivity index (χ4n) is 5.52. The molecule has 0 saturated heterocycles. The number of hydrogen-bond donors (Lipinski definition) is 2. The van der Waals surface area contributed by atoms with Gasteiger partial charge in [-0.2, -0.15) is 0 Å². The molecule has 2 nitrogen and oxygen atoms in total. The van der Waals surface area contributed by atoms with Crippen molar-refractivity contribution >= 4 is 0 Å². The lowest BCUT2D eigenvalue weighted by Gasteiger charge is -2.62. The minimum atomic E-state index is -0.555. The van der Waals surface area contributed by atoms with Crippen LogP contribution in [0.25, 0.3) is 0 Å². The molecule has 0 aliphatic heterocycles.